The van der Waals surface area contributed by atoms with E-state index in [4.69, 9.17) is 0 Å². The van der Waals surface area contributed by atoms with Crippen LogP contribution in [0.4, 0.5) is 0 Å². The van der Waals surface area contributed by atoms with Gasteiger partial charge in [-0.05, 0) is 17.9 Å². The Morgan fingerprint density at radius 1 is 1.59 bits per heavy atom. The zero-order chi connectivity index (χ0) is 12.8. The molecule has 0 aliphatic carbocycles. The molecule has 2 N–H and O–H groups in total. The SMILES string of the molecule is CC(=O)SCCC(O)C(O)c1ccsc1C=O. The zero-order valence-corrected chi connectivity index (χ0v) is 11.0. The van der Waals surface area contributed by atoms with E-state index in [1.165, 1.54) is 18.3 Å². The van der Waals surface area contributed by atoms with Crippen LogP contribution in [0.25, 0.3) is 0 Å². The molecule has 0 amide bonds. The molecule has 1 heterocycles. The van der Waals surface area contributed by atoms with Crippen LogP contribution < -0.4 is 0 Å². The Kier molecular flexibility index (Phi) is 5.84. The molecule has 6 heteroatoms. The van der Waals surface area contributed by atoms with Gasteiger partial charge in [0, 0.05) is 18.2 Å². The van der Waals surface area contributed by atoms with E-state index in [1.54, 1.807) is 11.4 Å². The van der Waals surface area contributed by atoms with Crippen LogP contribution in [-0.2, 0) is 4.79 Å². The van der Waals surface area contributed by atoms with Gasteiger partial charge in [0.05, 0.1) is 11.0 Å². The van der Waals surface area contributed by atoms with Crippen LogP contribution in [0, 0.1) is 0 Å². The molecule has 0 saturated heterocycles. The lowest BCUT2D eigenvalue weighted by Crippen LogP contribution is -2.19. The molecular weight excluding hydrogens is 260 g/mol. The fourth-order valence-electron chi connectivity index (χ4n) is 1.36. The van der Waals surface area contributed by atoms with Gasteiger partial charge in [-0.25, -0.2) is 0 Å². The molecule has 0 radical (unpaired) electrons. The predicted octanol–water partition coefficient (Wildman–Crippen LogP) is 1.62. The third-order valence-corrected chi connectivity index (χ3v) is 3.94. The highest BCUT2D eigenvalue weighted by molar-refractivity contribution is 8.13. The molecule has 4 nitrogen and oxygen atoms in total. The maximum Gasteiger partial charge on any atom is 0.185 e. The lowest BCUT2D eigenvalue weighted by molar-refractivity contribution is -0.109. The van der Waals surface area contributed by atoms with Gasteiger partial charge in [0.1, 0.15) is 6.10 Å². The fraction of sp³-hybridized carbons (Fsp3) is 0.455. The summed E-state index contributed by atoms with van der Waals surface area (Å²) < 4.78 is 0. The van der Waals surface area contributed by atoms with Gasteiger partial charge < -0.3 is 10.2 Å². The predicted molar refractivity (Wildman–Crippen MR) is 68.4 cm³/mol. The standard InChI is InChI=1S/C11H14O4S2/c1-7(13)16-5-3-9(14)11(15)8-2-4-17-10(8)6-12/h2,4,6,9,11,14-15H,3,5H2,1H3. The third-order valence-electron chi connectivity index (χ3n) is 2.24. The zero-order valence-electron chi connectivity index (χ0n) is 9.33. The molecule has 0 bridgehead atoms. The van der Waals surface area contributed by atoms with Crippen LogP contribution in [0.1, 0.15) is 34.7 Å². The van der Waals surface area contributed by atoms with Gasteiger partial charge in [0.2, 0.25) is 0 Å². The van der Waals surface area contributed by atoms with E-state index in [0.29, 0.717) is 28.9 Å². The highest BCUT2D eigenvalue weighted by atomic mass is 32.2. The Bertz CT molecular complexity index is 389. The lowest BCUT2D eigenvalue weighted by Gasteiger charge is -2.17. The van der Waals surface area contributed by atoms with Crippen molar-refractivity contribution in [3.63, 3.8) is 0 Å². The molecule has 2 atom stereocenters. The minimum atomic E-state index is -1.07. The summed E-state index contributed by atoms with van der Waals surface area (Å²) in [5.41, 5.74) is 0.449. The van der Waals surface area contributed by atoms with Crippen molar-refractivity contribution in [2.45, 2.75) is 25.6 Å². The first-order chi connectivity index (χ1) is 8.06. The smallest absolute Gasteiger partial charge is 0.185 e. The second-order valence-electron chi connectivity index (χ2n) is 3.50. The number of carbonyl (C=O) groups excluding carboxylic acids is 2. The number of carbonyl (C=O) groups is 2. The van der Waals surface area contributed by atoms with Crippen LogP contribution in [0.5, 0.6) is 0 Å². The van der Waals surface area contributed by atoms with Crippen molar-refractivity contribution in [2.75, 3.05) is 5.75 Å². The number of aliphatic hydroxyl groups excluding tert-OH is 2. The first kappa shape index (κ1) is 14.4. The van der Waals surface area contributed by atoms with Crippen molar-refractivity contribution in [3.8, 4) is 0 Å². The van der Waals surface area contributed by atoms with Gasteiger partial charge >= 0.3 is 0 Å². The molecule has 0 aliphatic heterocycles. The largest absolute Gasteiger partial charge is 0.390 e. The van der Waals surface area contributed by atoms with Crippen LogP contribution in [0.2, 0.25) is 0 Å². The van der Waals surface area contributed by atoms with Crippen molar-refractivity contribution in [1.82, 2.24) is 0 Å². The van der Waals surface area contributed by atoms with Crippen LogP contribution in [-0.4, -0.2) is 33.5 Å². The Morgan fingerprint density at radius 3 is 2.88 bits per heavy atom. The molecule has 0 fully saturated rings. The Balaban J connectivity index is 2.54. The lowest BCUT2D eigenvalue weighted by atomic mass is 10.0. The topological polar surface area (TPSA) is 74.6 Å². The van der Waals surface area contributed by atoms with Gasteiger partial charge in [-0.2, -0.15) is 0 Å². The molecule has 1 rings (SSSR count). The van der Waals surface area contributed by atoms with Crippen molar-refractivity contribution in [3.05, 3.63) is 21.9 Å². The molecule has 0 aliphatic rings. The Labute approximate surface area is 108 Å². The minimum Gasteiger partial charge on any atom is -0.390 e. The van der Waals surface area contributed by atoms with Crippen LogP contribution in [0.15, 0.2) is 11.4 Å². The molecule has 2 unspecified atom stereocenters. The van der Waals surface area contributed by atoms with Crippen molar-refractivity contribution >= 4 is 34.5 Å². The van der Waals surface area contributed by atoms with Crippen molar-refractivity contribution in [2.24, 2.45) is 0 Å². The van der Waals surface area contributed by atoms with E-state index in [0.717, 1.165) is 11.8 Å². The quantitative estimate of drug-likeness (QED) is 0.771. The van der Waals surface area contributed by atoms with Gasteiger partial charge in [-0.15, -0.1) is 11.3 Å². The summed E-state index contributed by atoms with van der Waals surface area (Å²) in [4.78, 5) is 21.8. The summed E-state index contributed by atoms with van der Waals surface area (Å²) in [6.45, 7) is 1.46. The van der Waals surface area contributed by atoms with Gasteiger partial charge in [-0.1, -0.05) is 11.8 Å². The summed E-state index contributed by atoms with van der Waals surface area (Å²) in [6.07, 6.45) is -1.07. The summed E-state index contributed by atoms with van der Waals surface area (Å²) in [7, 11) is 0. The Hall–Kier alpha value is -0.690. The summed E-state index contributed by atoms with van der Waals surface area (Å²) >= 11 is 2.33. The summed E-state index contributed by atoms with van der Waals surface area (Å²) in [6, 6.07) is 1.63. The number of hydrogen-bond acceptors (Lipinski definition) is 6. The second kappa shape index (κ2) is 6.90. The minimum absolute atomic E-state index is 0.0178. The molecule has 0 saturated carbocycles. The molecule has 0 spiro atoms. The average molecular weight is 274 g/mol. The Morgan fingerprint density at radius 2 is 2.29 bits per heavy atom. The maximum absolute atomic E-state index is 10.7. The van der Waals surface area contributed by atoms with E-state index < -0.39 is 12.2 Å². The monoisotopic (exact) mass is 274 g/mol. The average Bonchev–Trinajstić information content (AvgIpc) is 2.75. The molecule has 94 valence electrons. The van der Waals surface area contributed by atoms with Gasteiger partial charge in [0.25, 0.3) is 0 Å². The third kappa shape index (κ3) is 4.23. The molecule has 1 aromatic rings. The molecule has 0 aromatic carbocycles. The van der Waals surface area contributed by atoms with E-state index in [2.05, 4.69) is 0 Å². The second-order valence-corrected chi connectivity index (χ2v) is 5.72. The maximum atomic E-state index is 10.7. The summed E-state index contributed by atoms with van der Waals surface area (Å²) in [5, 5.41) is 21.3. The normalized spacial score (nSPS) is 14.3. The first-order valence-corrected chi connectivity index (χ1v) is 6.95. The van der Waals surface area contributed by atoms with Gasteiger partial charge in [0.15, 0.2) is 11.4 Å². The summed E-state index contributed by atoms with van der Waals surface area (Å²) in [5.74, 6) is 0.452. The highest BCUT2D eigenvalue weighted by Gasteiger charge is 2.21. The number of rotatable bonds is 6. The van der Waals surface area contributed by atoms with Crippen molar-refractivity contribution < 1.29 is 19.8 Å². The van der Waals surface area contributed by atoms with E-state index in [1.807, 2.05) is 0 Å². The first-order valence-electron chi connectivity index (χ1n) is 5.08. The van der Waals surface area contributed by atoms with Crippen LogP contribution in [0.3, 0.4) is 0 Å². The van der Waals surface area contributed by atoms with Crippen LogP contribution >= 0.6 is 23.1 Å². The fourth-order valence-corrected chi connectivity index (χ4v) is 2.75. The van der Waals surface area contributed by atoms with Gasteiger partial charge in [-0.3, -0.25) is 9.59 Å². The van der Waals surface area contributed by atoms with E-state index >= 15 is 0 Å². The number of aldehydes is 1. The molecular formula is C11H14O4S2. The van der Waals surface area contributed by atoms with E-state index in [9.17, 15) is 19.8 Å². The number of aliphatic hydroxyl groups is 2. The number of thioether (sulfide) groups is 1. The number of hydrogen-bond donors (Lipinski definition) is 2. The highest BCUT2D eigenvalue weighted by Crippen LogP contribution is 2.26. The van der Waals surface area contributed by atoms with E-state index in [-0.39, 0.29) is 5.12 Å². The number of thiophene rings is 1. The van der Waals surface area contributed by atoms with Crippen molar-refractivity contribution in [1.29, 1.82) is 0 Å². The molecule has 17 heavy (non-hydrogen) atoms. The molecule has 1 aromatic heterocycles.